The van der Waals surface area contributed by atoms with E-state index in [1.807, 2.05) is 0 Å². The Kier molecular flexibility index (Phi) is 5.16. The molecule has 0 aliphatic carbocycles. The lowest BCUT2D eigenvalue weighted by atomic mass is 9.89. The van der Waals surface area contributed by atoms with Crippen molar-refractivity contribution in [1.29, 1.82) is 0 Å². The SMILES string of the molecule is Nc1ccccc1C(=O)C(=O)N1CCC2(CC1)OC1CC[C@@H](c3cc(F)cc(F)c3)N1C2=O. The highest BCUT2D eigenvalue weighted by atomic mass is 19.1. The summed E-state index contributed by atoms with van der Waals surface area (Å²) >= 11 is 0. The molecule has 3 fully saturated rings. The van der Waals surface area contributed by atoms with Crippen LogP contribution in [0.25, 0.3) is 0 Å². The van der Waals surface area contributed by atoms with Gasteiger partial charge >= 0.3 is 0 Å². The van der Waals surface area contributed by atoms with Crippen molar-refractivity contribution in [3.8, 4) is 0 Å². The zero-order chi connectivity index (χ0) is 23.3. The third kappa shape index (κ3) is 3.56. The molecular weight excluding hydrogens is 432 g/mol. The van der Waals surface area contributed by atoms with Crippen molar-refractivity contribution in [2.45, 2.75) is 43.6 Å². The number of ether oxygens (including phenoxy) is 1. The van der Waals surface area contributed by atoms with Crippen molar-refractivity contribution in [3.63, 3.8) is 0 Å². The predicted molar refractivity (Wildman–Crippen MR) is 114 cm³/mol. The van der Waals surface area contributed by atoms with Crippen molar-refractivity contribution in [3.05, 3.63) is 65.2 Å². The quantitative estimate of drug-likeness (QED) is 0.437. The summed E-state index contributed by atoms with van der Waals surface area (Å²) in [5, 5.41) is 0. The third-order valence-electron chi connectivity index (χ3n) is 6.85. The summed E-state index contributed by atoms with van der Waals surface area (Å²) in [6.45, 7) is 0.367. The van der Waals surface area contributed by atoms with Gasteiger partial charge in [-0.1, -0.05) is 12.1 Å². The van der Waals surface area contributed by atoms with Gasteiger partial charge in [-0.2, -0.15) is 0 Å². The van der Waals surface area contributed by atoms with Gasteiger partial charge in [0.25, 0.3) is 17.6 Å². The second-order valence-electron chi connectivity index (χ2n) is 8.78. The number of ketones is 1. The van der Waals surface area contributed by atoms with Crippen LogP contribution in [0.5, 0.6) is 0 Å². The van der Waals surface area contributed by atoms with Crippen molar-refractivity contribution < 1.29 is 27.9 Å². The number of anilines is 1. The number of hydrogen-bond acceptors (Lipinski definition) is 5. The molecule has 2 aromatic rings. The van der Waals surface area contributed by atoms with Gasteiger partial charge in [0.05, 0.1) is 11.6 Å². The maximum absolute atomic E-state index is 13.8. The molecule has 172 valence electrons. The van der Waals surface area contributed by atoms with Crippen LogP contribution >= 0.6 is 0 Å². The number of nitrogens with zero attached hydrogens (tertiary/aromatic N) is 2. The number of rotatable bonds is 3. The summed E-state index contributed by atoms with van der Waals surface area (Å²) in [6.07, 6.45) is 1.12. The molecule has 5 rings (SSSR count). The molecule has 2 aromatic carbocycles. The van der Waals surface area contributed by atoms with Crippen LogP contribution in [0.15, 0.2) is 42.5 Å². The molecule has 3 heterocycles. The molecule has 33 heavy (non-hydrogen) atoms. The lowest BCUT2D eigenvalue weighted by Crippen LogP contribution is -2.52. The zero-order valence-electron chi connectivity index (χ0n) is 17.8. The van der Waals surface area contributed by atoms with Gasteiger partial charge < -0.3 is 20.3 Å². The number of benzene rings is 2. The van der Waals surface area contributed by atoms with Crippen LogP contribution in [0.3, 0.4) is 0 Å². The number of hydrogen-bond donors (Lipinski definition) is 1. The van der Waals surface area contributed by atoms with Crippen LogP contribution in [0, 0.1) is 11.6 Å². The van der Waals surface area contributed by atoms with Crippen LogP contribution in [0.1, 0.15) is 47.6 Å². The Morgan fingerprint density at radius 2 is 1.70 bits per heavy atom. The fraction of sp³-hybridized carbons (Fsp3) is 0.375. The molecular formula is C24H23F2N3O4. The number of likely N-dealkylation sites (tertiary alicyclic amines) is 1. The van der Waals surface area contributed by atoms with E-state index < -0.39 is 41.2 Å². The van der Waals surface area contributed by atoms with Gasteiger partial charge in [0, 0.05) is 37.7 Å². The van der Waals surface area contributed by atoms with E-state index in [0.717, 1.165) is 6.07 Å². The van der Waals surface area contributed by atoms with Crippen LogP contribution in [0.4, 0.5) is 14.5 Å². The summed E-state index contributed by atoms with van der Waals surface area (Å²) in [5.41, 5.74) is 5.52. The molecule has 2 amide bonds. The molecule has 7 nitrogen and oxygen atoms in total. The van der Waals surface area contributed by atoms with Gasteiger partial charge in [-0.3, -0.25) is 14.4 Å². The molecule has 2 N–H and O–H groups in total. The maximum atomic E-state index is 13.8. The van der Waals surface area contributed by atoms with E-state index in [4.69, 9.17) is 10.5 Å². The number of para-hydroxylation sites is 1. The Balaban J connectivity index is 1.30. The largest absolute Gasteiger partial charge is 0.398 e. The highest BCUT2D eigenvalue weighted by Gasteiger charge is 2.58. The summed E-state index contributed by atoms with van der Waals surface area (Å²) in [5.74, 6) is -2.96. The molecule has 0 aromatic heterocycles. The van der Waals surface area contributed by atoms with Gasteiger partial charge in [0.15, 0.2) is 5.60 Å². The Hall–Kier alpha value is -3.33. The Bertz CT molecular complexity index is 1130. The molecule has 3 saturated heterocycles. The van der Waals surface area contributed by atoms with E-state index in [1.165, 1.54) is 23.1 Å². The van der Waals surface area contributed by atoms with Gasteiger partial charge in [-0.15, -0.1) is 0 Å². The summed E-state index contributed by atoms with van der Waals surface area (Å²) in [4.78, 5) is 41.8. The van der Waals surface area contributed by atoms with Gasteiger partial charge in [-0.05, 0) is 42.7 Å². The molecule has 1 unspecified atom stereocenters. The second-order valence-corrected chi connectivity index (χ2v) is 8.78. The smallest absolute Gasteiger partial charge is 0.295 e. The number of nitrogens with two attached hydrogens (primary N) is 1. The Labute approximate surface area is 189 Å². The lowest BCUT2D eigenvalue weighted by Gasteiger charge is -2.37. The minimum absolute atomic E-state index is 0.154. The summed E-state index contributed by atoms with van der Waals surface area (Å²) in [6, 6.07) is 9.22. The third-order valence-corrected chi connectivity index (χ3v) is 6.85. The fourth-order valence-electron chi connectivity index (χ4n) is 5.17. The molecule has 3 aliphatic heterocycles. The van der Waals surface area contributed by atoms with Crippen molar-refractivity contribution in [1.82, 2.24) is 9.80 Å². The number of nitrogen functional groups attached to an aromatic ring is 1. The Morgan fingerprint density at radius 3 is 2.36 bits per heavy atom. The lowest BCUT2D eigenvalue weighted by molar-refractivity contribution is -0.147. The summed E-state index contributed by atoms with van der Waals surface area (Å²) in [7, 11) is 0. The van der Waals surface area contributed by atoms with Gasteiger partial charge in [0.2, 0.25) is 0 Å². The minimum Gasteiger partial charge on any atom is -0.398 e. The molecule has 9 heteroatoms. The van der Waals surface area contributed by atoms with Crippen molar-refractivity contribution >= 4 is 23.3 Å². The predicted octanol–water partition coefficient (Wildman–Crippen LogP) is 2.81. The average Bonchev–Trinajstić information content (AvgIpc) is 3.31. The van der Waals surface area contributed by atoms with Crippen molar-refractivity contribution in [2.24, 2.45) is 0 Å². The second kappa shape index (κ2) is 7.91. The number of carbonyl (C=O) groups is 3. The van der Waals surface area contributed by atoms with E-state index in [1.54, 1.807) is 23.1 Å². The first kappa shape index (κ1) is 21.5. The minimum atomic E-state index is -1.10. The van der Waals surface area contributed by atoms with Crippen LogP contribution in [0.2, 0.25) is 0 Å². The van der Waals surface area contributed by atoms with E-state index in [9.17, 15) is 23.2 Å². The van der Waals surface area contributed by atoms with Crippen molar-refractivity contribution in [2.75, 3.05) is 18.8 Å². The van der Waals surface area contributed by atoms with E-state index in [-0.39, 0.29) is 43.1 Å². The molecule has 0 saturated carbocycles. The topological polar surface area (TPSA) is 92.9 Å². The van der Waals surface area contributed by atoms with Crippen LogP contribution in [-0.4, -0.2) is 52.3 Å². The molecule has 1 spiro atoms. The highest BCUT2D eigenvalue weighted by molar-refractivity contribution is 6.43. The number of piperidine rings is 1. The average molecular weight is 455 g/mol. The van der Waals surface area contributed by atoms with E-state index >= 15 is 0 Å². The number of amides is 2. The van der Waals surface area contributed by atoms with Crippen LogP contribution < -0.4 is 5.73 Å². The zero-order valence-corrected chi connectivity index (χ0v) is 17.8. The molecule has 0 bridgehead atoms. The van der Waals surface area contributed by atoms with E-state index in [0.29, 0.717) is 18.4 Å². The number of halogens is 2. The van der Waals surface area contributed by atoms with Crippen LogP contribution in [-0.2, 0) is 14.3 Å². The molecule has 2 atom stereocenters. The standard InChI is InChI=1S/C24H23F2N3O4/c25-15-11-14(12-16(26)13-15)19-5-6-20-29(19)23(32)24(33-20)7-9-28(10-8-24)22(31)21(30)17-3-1-2-4-18(17)27/h1-4,11-13,19-20H,5-10,27H2/t19-,20?/m0/s1. The van der Waals surface area contributed by atoms with E-state index in [2.05, 4.69) is 0 Å². The maximum Gasteiger partial charge on any atom is 0.295 e. The fourth-order valence-corrected chi connectivity index (χ4v) is 5.17. The molecule has 0 radical (unpaired) electrons. The first-order valence-electron chi connectivity index (χ1n) is 10.9. The first-order valence-corrected chi connectivity index (χ1v) is 10.9. The number of carbonyl (C=O) groups excluding carboxylic acids is 3. The number of Topliss-reactive ketones (excluding diaryl/α,β-unsaturated/α-hetero) is 1. The summed E-state index contributed by atoms with van der Waals surface area (Å²) < 4.78 is 33.7. The normalized spacial score (nSPS) is 23.8. The number of fused-ring (bicyclic) bond motifs is 1. The first-order chi connectivity index (χ1) is 15.8. The highest BCUT2D eigenvalue weighted by Crippen LogP contribution is 2.47. The monoisotopic (exact) mass is 455 g/mol. The Morgan fingerprint density at radius 1 is 1.03 bits per heavy atom. The molecule has 3 aliphatic rings. The van der Waals surface area contributed by atoms with Gasteiger partial charge in [-0.25, -0.2) is 8.78 Å². The van der Waals surface area contributed by atoms with Gasteiger partial charge in [0.1, 0.15) is 17.9 Å².